The third-order valence-corrected chi connectivity index (χ3v) is 2.68. The molecule has 0 aliphatic carbocycles. The fourth-order valence-corrected chi connectivity index (χ4v) is 1.70. The van der Waals surface area contributed by atoms with E-state index in [4.69, 9.17) is 12.2 Å². The molecule has 0 aliphatic rings. The van der Waals surface area contributed by atoms with Crippen LogP contribution in [0.3, 0.4) is 0 Å². The molecule has 0 heterocycles. The molecule has 108 valence electrons. The van der Waals surface area contributed by atoms with Gasteiger partial charge in [0.15, 0.2) is 5.11 Å². The van der Waals surface area contributed by atoms with Gasteiger partial charge in [-0.15, -0.1) is 0 Å². The molecule has 2 amide bonds. The van der Waals surface area contributed by atoms with Crippen LogP contribution < -0.4 is 16.0 Å². The number of amides is 2. The van der Waals surface area contributed by atoms with Crippen LogP contribution >= 0.6 is 12.2 Å². The zero-order valence-electron chi connectivity index (χ0n) is 11.7. The molecule has 0 bridgehead atoms. The van der Waals surface area contributed by atoms with Crippen LogP contribution in [0.2, 0.25) is 0 Å². The van der Waals surface area contributed by atoms with E-state index >= 15 is 0 Å². The number of carbonyl (C=O) groups excluding carboxylic acids is 2. The first-order chi connectivity index (χ1) is 9.55. The lowest BCUT2D eigenvalue weighted by Gasteiger charge is -2.10. The van der Waals surface area contributed by atoms with Crippen LogP contribution in [-0.4, -0.2) is 16.9 Å². The molecule has 5 nitrogen and oxygen atoms in total. The van der Waals surface area contributed by atoms with Gasteiger partial charge in [0.25, 0.3) is 0 Å². The second-order valence-corrected chi connectivity index (χ2v) is 4.64. The SMILES string of the molecule is CCCC(=O)Nc1ccc(NC(=S)NC(=O)CC)cc1. The first kappa shape index (κ1) is 16.1. The fraction of sp³-hybridized carbons (Fsp3) is 0.357. The monoisotopic (exact) mass is 293 g/mol. The number of thiocarbonyl (C=S) groups is 1. The molecule has 0 unspecified atom stereocenters. The van der Waals surface area contributed by atoms with Crippen molar-refractivity contribution in [2.24, 2.45) is 0 Å². The van der Waals surface area contributed by atoms with Crippen LogP contribution in [0.25, 0.3) is 0 Å². The molecule has 0 aliphatic heterocycles. The summed E-state index contributed by atoms with van der Waals surface area (Å²) < 4.78 is 0. The summed E-state index contributed by atoms with van der Waals surface area (Å²) in [6, 6.07) is 7.12. The Labute approximate surface area is 124 Å². The predicted octanol–water partition coefficient (Wildman–Crippen LogP) is 2.65. The van der Waals surface area contributed by atoms with E-state index in [9.17, 15) is 9.59 Å². The van der Waals surface area contributed by atoms with Crippen LogP contribution in [0.4, 0.5) is 11.4 Å². The predicted molar refractivity (Wildman–Crippen MR) is 84.6 cm³/mol. The van der Waals surface area contributed by atoms with Gasteiger partial charge in [-0.3, -0.25) is 9.59 Å². The van der Waals surface area contributed by atoms with Gasteiger partial charge in [-0.2, -0.15) is 0 Å². The van der Waals surface area contributed by atoms with E-state index in [1.165, 1.54) is 0 Å². The van der Waals surface area contributed by atoms with Gasteiger partial charge in [0.1, 0.15) is 0 Å². The van der Waals surface area contributed by atoms with Crippen molar-refractivity contribution in [3.8, 4) is 0 Å². The van der Waals surface area contributed by atoms with Crippen LogP contribution in [-0.2, 0) is 9.59 Å². The lowest BCUT2D eigenvalue weighted by atomic mass is 10.2. The summed E-state index contributed by atoms with van der Waals surface area (Å²) in [5, 5.41) is 8.51. The van der Waals surface area contributed by atoms with Gasteiger partial charge in [0.05, 0.1) is 0 Å². The largest absolute Gasteiger partial charge is 0.332 e. The standard InChI is InChI=1S/C14H19N3O2S/c1-3-5-13(19)15-10-6-8-11(9-7-10)16-14(20)17-12(18)4-2/h6-9H,3-5H2,1-2H3,(H,15,19)(H2,16,17,18,20). The van der Waals surface area contributed by atoms with E-state index < -0.39 is 0 Å². The summed E-state index contributed by atoms with van der Waals surface area (Å²) in [6.07, 6.45) is 1.70. The van der Waals surface area contributed by atoms with Gasteiger partial charge in [-0.05, 0) is 42.9 Å². The maximum absolute atomic E-state index is 11.4. The highest BCUT2D eigenvalue weighted by molar-refractivity contribution is 7.80. The summed E-state index contributed by atoms with van der Waals surface area (Å²) in [6.45, 7) is 3.71. The molecule has 0 spiro atoms. The number of rotatable bonds is 5. The lowest BCUT2D eigenvalue weighted by molar-refractivity contribution is -0.119. The third kappa shape index (κ3) is 5.79. The zero-order chi connectivity index (χ0) is 15.0. The Hall–Kier alpha value is -1.95. The second kappa shape index (κ2) is 8.27. The van der Waals surface area contributed by atoms with Gasteiger partial charge >= 0.3 is 0 Å². The molecule has 1 rings (SSSR count). The first-order valence-electron chi connectivity index (χ1n) is 6.56. The van der Waals surface area contributed by atoms with Gasteiger partial charge in [0.2, 0.25) is 11.8 Å². The maximum atomic E-state index is 11.4. The van der Waals surface area contributed by atoms with Crippen molar-refractivity contribution < 1.29 is 9.59 Å². The van der Waals surface area contributed by atoms with Crippen molar-refractivity contribution in [3.05, 3.63) is 24.3 Å². The highest BCUT2D eigenvalue weighted by atomic mass is 32.1. The average Bonchev–Trinajstić information content (AvgIpc) is 2.41. The molecule has 20 heavy (non-hydrogen) atoms. The summed E-state index contributed by atoms with van der Waals surface area (Å²) in [5.74, 6) is -0.134. The summed E-state index contributed by atoms with van der Waals surface area (Å²) in [7, 11) is 0. The lowest BCUT2D eigenvalue weighted by Crippen LogP contribution is -2.33. The van der Waals surface area contributed by atoms with Crippen molar-refractivity contribution in [2.45, 2.75) is 33.1 Å². The quantitative estimate of drug-likeness (QED) is 0.730. The van der Waals surface area contributed by atoms with Gasteiger partial charge in [0, 0.05) is 24.2 Å². The summed E-state index contributed by atoms with van der Waals surface area (Å²) in [4.78, 5) is 22.6. The number of anilines is 2. The Morgan fingerprint density at radius 1 is 1.00 bits per heavy atom. The molecule has 1 aromatic carbocycles. The van der Waals surface area contributed by atoms with E-state index in [2.05, 4.69) is 16.0 Å². The molecule has 3 N–H and O–H groups in total. The molecule has 6 heteroatoms. The van der Waals surface area contributed by atoms with E-state index in [1.807, 2.05) is 6.92 Å². The van der Waals surface area contributed by atoms with Gasteiger partial charge in [-0.25, -0.2) is 0 Å². The van der Waals surface area contributed by atoms with Crippen molar-refractivity contribution >= 4 is 40.5 Å². The Morgan fingerprint density at radius 3 is 2.05 bits per heavy atom. The molecular weight excluding hydrogens is 274 g/mol. The van der Waals surface area contributed by atoms with E-state index in [0.717, 1.165) is 17.8 Å². The number of benzene rings is 1. The topological polar surface area (TPSA) is 70.2 Å². The summed E-state index contributed by atoms with van der Waals surface area (Å²) >= 11 is 5.00. The fourth-order valence-electron chi connectivity index (χ4n) is 1.46. The zero-order valence-corrected chi connectivity index (χ0v) is 12.5. The summed E-state index contributed by atoms with van der Waals surface area (Å²) in [5.41, 5.74) is 1.48. The number of hydrogen-bond donors (Lipinski definition) is 3. The molecule has 0 saturated carbocycles. The number of nitrogens with one attached hydrogen (secondary N) is 3. The van der Waals surface area contributed by atoms with Crippen molar-refractivity contribution in [1.29, 1.82) is 0 Å². The maximum Gasteiger partial charge on any atom is 0.225 e. The minimum atomic E-state index is -0.133. The Morgan fingerprint density at radius 2 is 1.55 bits per heavy atom. The number of carbonyl (C=O) groups is 2. The van der Waals surface area contributed by atoms with E-state index in [0.29, 0.717) is 12.8 Å². The molecule has 0 aromatic heterocycles. The molecule has 0 radical (unpaired) electrons. The smallest absolute Gasteiger partial charge is 0.225 e. The van der Waals surface area contributed by atoms with Gasteiger partial charge in [-0.1, -0.05) is 13.8 Å². The second-order valence-electron chi connectivity index (χ2n) is 4.23. The van der Waals surface area contributed by atoms with Gasteiger partial charge < -0.3 is 16.0 Å². The Bertz CT molecular complexity index is 486. The molecule has 0 saturated heterocycles. The van der Waals surface area contributed by atoms with Crippen LogP contribution in [0.5, 0.6) is 0 Å². The van der Waals surface area contributed by atoms with Crippen molar-refractivity contribution in [3.63, 3.8) is 0 Å². The highest BCUT2D eigenvalue weighted by Gasteiger charge is 2.03. The van der Waals surface area contributed by atoms with E-state index in [1.54, 1.807) is 31.2 Å². The minimum Gasteiger partial charge on any atom is -0.332 e. The molecular formula is C14H19N3O2S. The van der Waals surface area contributed by atoms with E-state index in [-0.39, 0.29) is 16.9 Å². The Balaban J connectivity index is 2.52. The Kier molecular flexibility index (Phi) is 6.66. The third-order valence-electron chi connectivity index (χ3n) is 2.48. The van der Waals surface area contributed by atoms with Crippen LogP contribution in [0, 0.1) is 0 Å². The minimum absolute atomic E-state index is 0.000982. The molecule has 0 atom stereocenters. The number of hydrogen-bond acceptors (Lipinski definition) is 3. The van der Waals surface area contributed by atoms with Crippen LogP contribution in [0.1, 0.15) is 33.1 Å². The highest BCUT2D eigenvalue weighted by Crippen LogP contribution is 2.13. The molecule has 1 aromatic rings. The first-order valence-corrected chi connectivity index (χ1v) is 6.96. The molecule has 0 fully saturated rings. The van der Waals surface area contributed by atoms with Crippen molar-refractivity contribution in [2.75, 3.05) is 10.6 Å². The average molecular weight is 293 g/mol. The normalized spacial score (nSPS) is 9.70. The van der Waals surface area contributed by atoms with Crippen LogP contribution in [0.15, 0.2) is 24.3 Å². The van der Waals surface area contributed by atoms with Crippen molar-refractivity contribution in [1.82, 2.24) is 5.32 Å².